The molecule has 3 unspecified atom stereocenters. The highest BCUT2D eigenvalue weighted by molar-refractivity contribution is 7.92. The third-order valence-electron chi connectivity index (χ3n) is 4.64. The van der Waals surface area contributed by atoms with Crippen molar-refractivity contribution >= 4 is 49.0 Å². The molecule has 4 heterocycles. The lowest BCUT2D eigenvalue weighted by Gasteiger charge is -2.22. The summed E-state index contributed by atoms with van der Waals surface area (Å²) in [5.74, 6) is -0.675. The molecule has 2 fully saturated rings. The fraction of sp³-hybridized carbons (Fsp3) is 0.688. The van der Waals surface area contributed by atoms with Gasteiger partial charge in [0.2, 0.25) is 11.8 Å². The summed E-state index contributed by atoms with van der Waals surface area (Å²) in [5.41, 5.74) is -0.744. The van der Waals surface area contributed by atoms with E-state index in [9.17, 15) is 36.0 Å². The second kappa shape index (κ2) is 11.2. The van der Waals surface area contributed by atoms with E-state index in [1.807, 2.05) is 4.72 Å². The number of aromatic nitrogens is 2. The molecule has 5 N–H and O–H groups in total. The maximum Gasteiger partial charge on any atom is 0.434 e. The first kappa shape index (κ1) is 31.4. The van der Waals surface area contributed by atoms with Gasteiger partial charge in [-0.25, -0.2) is 45.7 Å². The average molecular weight is 575 g/mol. The molecule has 0 radical (unpaired) electrons. The van der Waals surface area contributed by atoms with Crippen LogP contribution in [0.4, 0.5) is 4.79 Å². The van der Waals surface area contributed by atoms with Crippen LogP contribution in [0.2, 0.25) is 0 Å². The molecule has 4 rings (SSSR count). The van der Waals surface area contributed by atoms with E-state index in [4.69, 9.17) is 0 Å². The number of amides is 4. The van der Waals surface area contributed by atoms with Gasteiger partial charge in [0.05, 0.1) is 6.04 Å². The SMILES string of the molecule is CC1(C)NS(C)(=O)=NC1=O.CC1NS(=O)NC1=O.CN1C(=O)NS(=O)(=O)C1(C)C.Cc1n[nH]c(=O)o1. The zero-order valence-corrected chi connectivity index (χ0v) is 23.3. The van der Waals surface area contributed by atoms with E-state index < -0.39 is 53.3 Å². The molecule has 36 heavy (non-hydrogen) atoms. The predicted octanol–water partition coefficient (Wildman–Crippen LogP) is -2.04. The molecule has 0 aromatic carbocycles. The van der Waals surface area contributed by atoms with Crippen LogP contribution >= 0.6 is 0 Å². The average Bonchev–Trinajstić information content (AvgIpc) is 3.31. The zero-order chi connectivity index (χ0) is 28.3. The number of carbonyl (C=O) groups is 3. The summed E-state index contributed by atoms with van der Waals surface area (Å²) in [7, 11) is -4.48. The van der Waals surface area contributed by atoms with Gasteiger partial charge in [-0.15, -0.1) is 9.46 Å². The number of hydrogen-bond donors (Lipinski definition) is 5. The number of aryl methyl sites for hydroxylation is 1. The van der Waals surface area contributed by atoms with Crippen molar-refractivity contribution < 1.29 is 35.6 Å². The molecule has 0 bridgehead atoms. The predicted molar refractivity (Wildman–Crippen MR) is 129 cm³/mol. The van der Waals surface area contributed by atoms with E-state index in [1.54, 1.807) is 27.7 Å². The van der Waals surface area contributed by atoms with Gasteiger partial charge in [-0.05, 0) is 34.6 Å². The fourth-order valence-electron chi connectivity index (χ4n) is 2.27. The lowest BCUT2D eigenvalue weighted by molar-refractivity contribution is -0.121. The molecule has 1 aromatic rings. The number of nitrogens with one attached hydrogen (secondary N) is 5. The molecule has 0 aliphatic carbocycles. The Morgan fingerprint density at radius 2 is 1.64 bits per heavy atom. The van der Waals surface area contributed by atoms with Crippen LogP contribution in [0.1, 0.15) is 40.5 Å². The van der Waals surface area contributed by atoms with E-state index in [2.05, 4.69) is 33.1 Å². The van der Waals surface area contributed by atoms with E-state index in [0.717, 1.165) is 4.90 Å². The summed E-state index contributed by atoms with van der Waals surface area (Å²) < 4.78 is 60.7. The van der Waals surface area contributed by atoms with Crippen molar-refractivity contribution in [3.63, 3.8) is 0 Å². The first-order chi connectivity index (χ1) is 16.1. The van der Waals surface area contributed by atoms with Crippen molar-refractivity contribution in [2.75, 3.05) is 13.3 Å². The van der Waals surface area contributed by atoms with Gasteiger partial charge in [0, 0.05) is 20.2 Å². The minimum Gasteiger partial charge on any atom is -0.393 e. The number of nitrogens with zero attached hydrogens (tertiary/aromatic N) is 3. The molecule has 3 aliphatic heterocycles. The van der Waals surface area contributed by atoms with Crippen molar-refractivity contribution in [2.45, 2.75) is 58.0 Å². The van der Waals surface area contributed by atoms with Crippen LogP contribution in [0, 0.1) is 6.92 Å². The third-order valence-corrected chi connectivity index (χ3v) is 9.03. The Morgan fingerprint density at radius 1 is 1.08 bits per heavy atom. The lowest BCUT2D eigenvalue weighted by atomic mass is 10.1. The Morgan fingerprint density at radius 3 is 1.75 bits per heavy atom. The van der Waals surface area contributed by atoms with Crippen molar-refractivity contribution in [1.82, 2.24) is 34.0 Å². The highest BCUT2D eigenvalue weighted by atomic mass is 32.2. The molecular weight excluding hydrogens is 544 g/mol. The summed E-state index contributed by atoms with van der Waals surface area (Å²) in [6.45, 7) is 9.52. The number of aromatic amines is 1. The van der Waals surface area contributed by atoms with Crippen LogP contribution in [0.5, 0.6) is 0 Å². The molecule has 0 saturated carbocycles. The van der Waals surface area contributed by atoms with Gasteiger partial charge in [0.25, 0.3) is 15.9 Å². The van der Waals surface area contributed by atoms with Crippen LogP contribution in [0.15, 0.2) is 13.6 Å². The topological polar surface area (TPSA) is 242 Å². The Hall–Kier alpha value is -2.68. The van der Waals surface area contributed by atoms with Crippen molar-refractivity contribution in [1.29, 1.82) is 0 Å². The van der Waals surface area contributed by atoms with Gasteiger partial charge in [-0.3, -0.25) is 14.3 Å². The Balaban J connectivity index is 0.000000243. The Bertz CT molecular complexity index is 1320. The normalized spacial score (nSPS) is 28.8. The fourth-order valence-corrected chi connectivity index (χ4v) is 5.80. The quantitative estimate of drug-likeness (QED) is 0.227. The number of urea groups is 1. The molecule has 206 valence electrons. The van der Waals surface area contributed by atoms with E-state index in [-0.39, 0.29) is 17.9 Å². The van der Waals surface area contributed by atoms with E-state index in [0.29, 0.717) is 5.89 Å². The van der Waals surface area contributed by atoms with Crippen LogP contribution in [0.3, 0.4) is 0 Å². The second-order valence-electron chi connectivity index (χ2n) is 8.55. The standard InChI is InChI=1S/C5H10N2O3S.C5H10N2O2S.C3H6N2O2S.C3H4N2O2/c1-5(2)7(3)4(8)6-11(5,9)10;1-5(2)4(8)6-10(3,9)7-5;1-2-3(6)5-8(7)4-2;1-2-4-5-3(6)7-2/h1-3H3,(H,6,8);1-3H3,(H,6,7,8,9);2,4H,1H3,(H,5,6);1H3,(H,5,6). The molecule has 4 amide bonds. The molecule has 17 nitrogen and oxygen atoms in total. The lowest BCUT2D eigenvalue weighted by Crippen LogP contribution is -2.41. The van der Waals surface area contributed by atoms with Gasteiger partial charge in [-0.2, -0.15) is 0 Å². The minimum absolute atomic E-state index is 0.205. The van der Waals surface area contributed by atoms with Crippen molar-refractivity contribution in [2.24, 2.45) is 4.36 Å². The molecule has 0 spiro atoms. The number of rotatable bonds is 0. The Kier molecular flexibility index (Phi) is 9.71. The molecule has 20 heteroatoms. The molecule has 3 atom stereocenters. The number of H-pyrrole nitrogens is 1. The summed E-state index contributed by atoms with van der Waals surface area (Å²) in [6.07, 6.45) is 1.42. The largest absolute Gasteiger partial charge is 0.434 e. The van der Waals surface area contributed by atoms with Crippen LogP contribution < -0.4 is 24.6 Å². The van der Waals surface area contributed by atoms with Crippen LogP contribution in [-0.2, 0) is 40.7 Å². The van der Waals surface area contributed by atoms with Gasteiger partial charge >= 0.3 is 11.8 Å². The molecular formula is C16H30N8O9S3. The summed E-state index contributed by atoms with van der Waals surface area (Å²) in [5, 5.41) is 5.51. The number of carbonyl (C=O) groups excluding carboxylic acids is 3. The molecule has 3 aliphatic rings. The van der Waals surface area contributed by atoms with E-state index >= 15 is 0 Å². The smallest absolute Gasteiger partial charge is 0.393 e. The maximum absolute atomic E-state index is 11.1. The summed E-state index contributed by atoms with van der Waals surface area (Å²) >= 11 is -1.33. The molecule has 1 aromatic heterocycles. The highest BCUT2D eigenvalue weighted by Crippen LogP contribution is 2.24. The summed E-state index contributed by atoms with van der Waals surface area (Å²) in [4.78, 5) is 42.2. The van der Waals surface area contributed by atoms with Gasteiger partial charge in [-0.1, -0.05) is 0 Å². The van der Waals surface area contributed by atoms with Gasteiger partial charge in [0.1, 0.15) is 15.5 Å². The highest BCUT2D eigenvalue weighted by Gasteiger charge is 2.48. The van der Waals surface area contributed by atoms with E-state index in [1.165, 1.54) is 27.2 Å². The summed E-state index contributed by atoms with van der Waals surface area (Å²) in [6, 6.07) is -0.883. The second-order valence-corrected chi connectivity index (χ2v) is 13.7. The van der Waals surface area contributed by atoms with Gasteiger partial charge < -0.3 is 9.32 Å². The first-order valence-corrected chi connectivity index (χ1v) is 14.5. The number of hydrogen-bond acceptors (Lipinski definition) is 10. The zero-order valence-electron chi connectivity index (χ0n) is 20.8. The number of sulfonamides is 1. The molecule has 2 saturated heterocycles. The Labute approximate surface area is 210 Å². The minimum atomic E-state index is -3.50. The monoisotopic (exact) mass is 574 g/mol. The van der Waals surface area contributed by atoms with Crippen molar-refractivity contribution in [3.05, 3.63) is 16.4 Å². The van der Waals surface area contributed by atoms with Crippen molar-refractivity contribution in [3.8, 4) is 0 Å². The first-order valence-electron chi connectivity index (χ1n) is 9.97. The maximum atomic E-state index is 11.1. The van der Waals surface area contributed by atoms with Crippen LogP contribution in [0.25, 0.3) is 0 Å². The van der Waals surface area contributed by atoms with Gasteiger partial charge in [0.15, 0.2) is 16.0 Å². The third kappa shape index (κ3) is 8.18. The van der Waals surface area contributed by atoms with Crippen LogP contribution in [-0.4, -0.2) is 79.5 Å².